The summed E-state index contributed by atoms with van der Waals surface area (Å²) >= 11 is 0. The van der Waals surface area contributed by atoms with Gasteiger partial charge in [-0.3, -0.25) is 9.69 Å². The highest BCUT2D eigenvalue weighted by molar-refractivity contribution is 5.95. The Morgan fingerprint density at radius 3 is 2.57 bits per heavy atom. The lowest BCUT2D eigenvalue weighted by molar-refractivity contribution is -0.117. The van der Waals surface area contributed by atoms with Crippen molar-refractivity contribution in [3.8, 4) is 16.9 Å². The minimum atomic E-state index is 0.0755. The highest BCUT2D eigenvalue weighted by Gasteiger charge is 2.29. The first kappa shape index (κ1) is 22.2. The minimum Gasteiger partial charge on any atom is -0.492 e. The smallest absolute Gasteiger partial charge is 0.227 e. The third-order valence-electron chi connectivity index (χ3n) is 5.31. The number of aryl methyl sites for hydroxylation is 2. The lowest BCUT2D eigenvalue weighted by Crippen LogP contribution is -2.31. The predicted molar refractivity (Wildman–Crippen MR) is 118 cm³/mol. The molecule has 2 N–H and O–H groups in total. The third kappa shape index (κ3) is 5.77. The molecule has 0 radical (unpaired) electrons. The third-order valence-corrected chi connectivity index (χ3v) is 5.31. The van der Waals surface area contributed by atoms with Gasteiger partial charge in [0.15, 0.2) is 0 Å². The second-order valence-corrected chi connectivity index (χ2v) is 7.81. The van der Waals surface area contributed by atoms with Crippen LogP contribution in [0.4, 0.5) is 5.69 Å². The Morgan fingerprint density at radius 1 is 1.20 bits per heavy atom. The monoisotopic (exact) mass is 412 g/mol. The van der Waals surface area contributed by atoms with E-state index in [1.165, 1.54) is 0 Å². The number of aromatic nitrogens is 2. The summed E-state index contributed by atoms with van der Waals surface area (Å²) < 4.78 is 6.15. The van der Waals surface area contributed by atoms with Gasteiger partial charge in [0.1, 0.15) is 18.7 Å². The number of anilines is 1. The summed E-state index contributed by atoms with van der Waals surface area (Å²) in [6, 6.07) is 5.73. The summed E-state index contributed by atoms with van der Waals surface area (Å²) in [5, 5.41) is 12.3. The molecule has 1 heterocycles. The van der Waals surface area contributed by atoms with Crippen molar-refractivity contribution in [2.45, 2.75) is 40.0 Å². The number of aliphatic hydroxyl groups is 1. The molecule has 30 heavy (non-hydrogen) atoms. The molecule has 162 valence electrons. The van der Waals surface area contributed by atoms with E-state index in [2.05, 4.69) is 27.1 Å². The van der Waals surface area contributed by atoms with Crippen LogP contribution in [0.5, 0.6) is 5.75 Å². The highest BCUT2D eigenvalue weighted by atomic mass is 16.5. The van der Waals surface area contributed by atoms with Gasteiger partial charge < -0.3 is 15.2 Å². The summed E-state index contributed by atoms with van der Waals surface area (Å²) in [4.78, 5) is 23.1. The topological polar surface area (TPSA) is 87.6 Å². The summed E-state index contributed by atoms with van der Waals surface area (Å²) in [5.41, 5.74) is 4.29. The zero-order chi connectivity index (χ0) is 21.5. The molecule has 1 aromatic carbocycles. The number of amides is 1. The molecular weight excluding hydrogens is 380 g/mol. The van der Waals surface area contributed by atoms with Crippen LogP contribution in [-0.2, 0) is 4.79 Å². The Bertz CT molecular complexity index is 841. The van der Waals surface area contributed by atoms with E-state index in [-0.39, 0.29) is 18.4 Å². The zero-order valence-electron chi connectivity index (χ0n) is 18.1. The van der Waals surface area contributed by atoms with E-state index in [1.54, 1.807) is 6.33 Å². The van der Waals surface area contributed by atoms with Crippen LogP contribution in [0.2, 0.25) is 0 Å². The molecule has 0 spiro atoms. The number of nitrogens with one attached hydrogen (secondary N) is 1. The lowest BCUT2D eigenvalue weighted by atomic mass is 10.0. The Hall–Kier alpha value is -2.51. The van der Waals surface area contributed by atoms with Gasteiger partial charge in [0, 0.05) is 47.2 Å². The van der Waals surface area contributed by atoms with Gasteiger partial charge in [0.25, 0.3) is 0 Å². The SMILES string of the molecule is CCCN(CCO)CCOc1ccc(NC(=O)C2CC2)cc1-c1c(C)ncnc1C. The molecule has 1 fully saturated rings. The number of carbonyl (C=O) groups excluding carboxylic acids is 1. The predicted octanol–water partition coefficient (Wildman–Crippen LogP) is 3.19. The molecule has 0 atom stereocenters. The first-order chi connectivity index (χ1) is 14.5. The van der Waals surface area contributed by atoms with E-state index in [9.17, 15) is 9.90 Å². The first-order valence-electron chi connectivity index (χ1n) is 10.7. The summed E-state index contributed by atoms with van der Waals surface area (Å²) in [6.07, 6.45) is 4.52. The number of hydrogen-bond acceptors (Lipinski definition) is 6. The molecule has 1 aliphatic rings. The number of hydrogen-bond donors (Lipinski definition) is 2. The van der Waals surface area contributed by atoms with Crippen molar-refractivity contribution in [1.82, 2.24) is 14.9 Å². The van der Waals surface area contributed by atoms with Gasteiger partial charge in [0.2, 0.25) is 5.91 Å². The molecule has 3 rings (SSSR count). The molecule has 7 heteroatoms. The van der Waals surface area contributed by atoms with Crippen LogP contribution in [-0.4, -0.2) is 58.7 Å². The molecule has 0 aliphatic heterocycles. The fourth-order valence-electron chi connectivity index (χ4n) is 3.58. The van der Waals surface area contributed by atoms with E-state index in [4.69, 9.17) is 4.74 Å². The summed E-state index contributed by atoms with van der Waals surface area (Å²) in [7, 11) is 0. The molecule has 0 saturated heterocycles. The van der Waals surface area contributed by atoms with Gasteiger partial charge >= 0.3 is 0 Å². The van der Waals surface area contributed by atoms with Gasteiger partial charge in [-0.15, -0.1) is 0 Å². The van der Waals surface area contributed by atoms with Crippen LogP contribution in [0, 0.1) is 19.8 Å². The fourth-order valence-corrected chi connectivity index (χ4v) is 3.58. The maximum absolute atomic E-state index is 12.2. The van der Waals surface area contributed by atoms with Crippen LogP contribution >= 0.6 is 0 Å². The zero-order valence-corrected chi connectivity index (χ0v) is 18.1. The van der Waals surface area contributed by atoms with Crippen LogP contribution in [0.25, 0.3) is 11.1 Å². The Labute approximate surface area is 178 Å². The highest BCUT2D eigenvalue weighted by Crippen LogP contribution is 2.36. The molecule has 7 nitrogen and oxygen atoms in total. The van der Waals surface area contributed by atoms with Gasteiger partial charge in [0.05, 0.1) is 6.61 Å². The number of rotatable bonds is 11. The van der Waals surface area contributed by atoms with E-state index >= 15 is 0 Å². The van der Waals surface area contributed by atoms with E-state index in [0.717, 1.165) is 66.3 Å². The van der Waals surface area contributed by atoms with Gasteiger partial charge in [-0.1, -0.05) is 6.92 Å². The number of carbonyl (C=O) groups is 1. The molecule has 1 aliphatic carbocycles. The first-order valence-corrected chi connectivity index (χ1v) is 10.7. The number of benzene rings is 1. The number of nitrogens with zero attached hydrogens (tertiary/aromatic N) is 3. The molecular formula is C23H32N4O3. The second kappa shape index (κ2) is 10.5. The summed E-state index contributed by atoms with van der Waals surface area (Å²) in [5.74, 6) is 0.955. The maximum atomic E-state index is 12.2. The quantitative estimate of drug-likeness (QED) is 0.589. The van der Waals surface area contributed by atoms with Crippen molar-refractivity contribution < 1.29 is 14.6 Å². The molecule has 0 unspecified atom stereocenters. The van der Waals surface area contributed by atoms with Crippen molar-refractivity contribution in [2.24, 2.45) is 5.92 Å². The molecule has 0 bridgehead atoms. The van der Waals surface area contributed by atoms with Gasteiger partial charge in [-0.25, -0.2) is 9.97 Å². The Morgan fingerprint density at radius 2 is 1.93 bits per heavy atom. The standard InChI is InChI=1S/C23H32N4O3/c1-4-9-27(10-12-28)11-13-30-21-8-7-19(26-23(29)18-5-6-18)14-20(21)22-16(2)24-15-25-17(22)3/h7-8,14-15,18,28H,4-6,9-13H2,1-3H3,(H,26,29). The molecule has 2 aromatic rings. The van der Waals surface area contributed by atoms with Crippen LogP contribution in [0.1, 0.15) is 37.6 Å². The fraction of sp³-hybridized carbons (Fsp3) is 0.522. The van der Waals surface area contributed by atoms with Gasteiger partial charge in [-0.2, -0.15) is 0 Å². The van der Waals surface area contributed by atoms with Crippen molar-refractivity contribution in [3.05, 3.63) is 35.9 Å². The number of aliphatic hydroxyl groups excluding tert-OH is 1. The molecule has 1 amide bonds. The van der Waals surface area contributed by atoms with Crippen LogP contribution in [0.3, 0.4) is 0 Å². The van der Waals surface area contributed by atoms with E-state index in [0.29, 0.717) is 13.2 Å². The van der Waals surface area contributed by atoms with Gasteiger partial charge in [-0.05, 0) is 57.9 Å². The van der Waals surface area contributed by atoms with Crippen molar-refractivity contribution in [3.63, 3.8) is 0 Å². The van der Waals surface area contributed by atoms with Crippen molar-refractivity contribution >= 4 is 11.6 Å². The van der Waals surface area contributed by atoms with Crippen LogP contribution in [0.15, 0.2) is 24.5 Å². The second-order valence-electron chi connectivity index (χ2n) is 7.81. The maximum Gasteiger partial charge on any atom is 0.227 e. The Balaban J connectivity index is 1.83. The van der Waals surface area contributed by atoms with Crippen LogP contribution < -0.4 is 10.1 Å². The van der Waals surface area contributed by atoms with Crippen molar-refractivity contribution in [1.29, 1.82) is 0 Å². The minimum absolute atomic E-state index is 0.0755. The van der Waals surface area contributed by atoms with E-state index in [1.807, 2.05) is 32.0 Å². The van der Waals surface area contributed by atoms with Crippen molar-refractivity contribution in [2.75, 3.05) is 38.2 Å². The number of ether oxygens (including phenoxy) is 1. The average Bonchev–Trinajstić information content (AvgIpc) is 3.55. The lowest BCUT2D eigenvalue weighted by Gasteiger charge is -2.21. The normalized spacial score (nSPS) is 13.5. The molecule has 1 saturated carbocycles. The summed E-state index contributed by atoms with van der Waals surface area (Å²) in [6.45, 7) is 8.97. The largest absolute Gasteiger partial charge is 0.492 e. The Kier molecular flexibility index (Phi) is 7.76. The van der Waals surface area contributed by atoms with E-state index < -0.39 is 0 Å². The molecule has 1 aromatic heterocycles. The average molecular weight is 413 g/mol.